The Morgan fingerprint density at radius 3 is 2.70 bits per heavy atom. The maximum absolute atomic E-state index is 12.0. The summed E-state index contributed by atoms with van der Waals surface area (Å²) in [6.45, 7) is 5.96. The first-order valence-corrected chi connectivity index (χ1v) is 7.68. The zero-order valence-corrected chi connectivity index (χ0v) is 13.7. The standard InChI is InChI=1S/C18H23NO4/c1-12(2)15-7-6-14(9-13(15)3)23-11-18(21)19-16(10-20)17-5-4-8-22-17/h4-9,12,16,20H,10-11H2,1-3H3,(H,19,21). The number of furan rings is 1. The average Bonchev–Trinajstić information content (AvgIpc) is 3.04. The molecule has 1 unspecified atom stereocenters. The van der Waals surface area contributed by atoms with Gasteiger partial charge in [0.2, 0.25) is 0 Å². The van der Waals surface area contributed by atoms with Crippen molar-refractivity contribution in [3.63, 3.8) is 0 Å². The first-order valence-electron chi connectivity index (χ1n) is 7.68. The van der Waals surface area contributed by atoms with Crippen molar-refractivity contribution >= 4 is 5.91 Å². The summed E-state index contributed by atoms with van der Waals surface area (Å²) in [6, 6.07) is 8.67. The van der Waals surface area contributed by atoms with E-state index in [2.05, 4.69) is 19.2 Å². The van der Waals surface area contributed by atoms with Crippen molar-refractivity contribution in [2.75, 3.05) is 13.2 Å². The van der Waals surface area contributed by atoms with Crippen LogP contribution >= 0.6 is 0 Å². The van der Waals surface area contributed by atoms with Gasteiger partial charge in [0.05, 0.1) is 12.9 Å². The van der Waals surface area contributed by atoms with Gasteiger partial charge in [0, 0.05) is 0 Å². The smallest absolute Gasteiger partial charge is 0.258 e. The predicted molar refractivity (Wildman–Crippen MR) is 87.4 cm³/mol. The fourth-order valence-corrected chi connectivity index (χ4v) is 2.47. The van der Waals surface area contributed by atoms with Crippen LogP contribution in [0.5, 0.6) is 5.75 Å². The summed E-state index contributed by atoms with van der Waals surface area (Å²) in [5.74, 6) is 1.30. The van der Waals surface area contributed by atoms with Gasteiger partial charge >= 0.3 is 0 Å². The number of hydrogen-bond acceptors (Lipinski definition) is 4. The van der Waals surface area contributed by atoms with Crippen molar-refractivity contribution in [3.8, 4) is 5.75 Å². The molecule has 0 aliphatic carbocycles. The van der Waals surface area contributed by atoms with Crippen LogP contribution in [0.3, 0.4) is 0 Å². The first-order chi connectivity index (χ1) is 11.0. The Kier molecular flexibility index (Phi) is 5.82. The molecule has 2 rings (SSSR count). The molecule has 0 saturated heterocycles. The zero-order valence-electron chi connectivity index (χ0n) is 13.7. The summed E-state index contributed by atoms with van der Waals surface area (Å²) < 4.78 is 10.7. The fraction of sp³-hybridized carbons (Fsp3) is 0.389. The molecular formula is C18H23NO4. The highest BCUT2D eigenvalue weighted by molar-refractivity contribution is 5.78. The van der Waals surface area contributed by atoms with E-state index in [1.165, 1.54) is 11.8 Å². The van der Waals surface area contributed by atoms with Crippen LogP contribution in [0.2, 0.25) is 0 Å². The molecule has 0 saturated carbocycles. The second-order valence-electron chi connectivity index (χ2n) is 5.78. The lowest BCUT2D eigenvalue weighted by Crippen LogP contribution is -2.34. The highest BCUT2D eigenvalue weighted by atomic mass is 16.5. The maximum atomic E-state index is 12.0. The molecule has 23 heavy (non-hydrogen) atoms. The van der Waals surface area contributed by atoms with Gasteiger partial charge in [-0.25, -0.2) is 0 Å². The van der Waals surface area contributed by atoms with E-state index >= 15 is 0 Å². The van der Waals surface area contributed by atoms with E-state index < -0.39 is 6.04 Å². The molecule has 0 fully saturated rings. The zero-order chi connectivity index (χ0) is 16.8. The van der Waals surface area contributed by atoms with Crippen LogP contribution in [0.1, 0.15) is 42.7 Å². The van der Waals surface area contributed by atoms with Crippen LogP contribution < -0.4 is 10.1 Å². The summed E-state index contributed by atoms with van der Waals surface area (Å²) in [6.07, 6.45) is 1.50. The summed E-state index contributed by atoms with van der Waals surface area (Å²) >= 11 is 0. The number of carbonyl (C=O) groups excluding carboxylic acids is 1. The normalized spacial score (nSPS) is 12.2. The topological polar surface area (TPSA) is 71.7 Å². The third-order valence-corrected chi connectivity index (χ3v) is 3.64. The van der Waals surface area contributed by atoms with Gasteiger partial charge in [-0.15, -0.1) is 0 Å². The Labute approximate surface area is 136 Å². The molecule has 0 aliphatic heterocycles. The maximum Gasteiger partial charge on any atom is 0.258 e. The number of amides is 1. The molecule has 1 aromatic carbocycles. The SMILES string of the molecule is Cc1cc(OCC(=O)NC(CO)c2ccco2)ccc1C(C)C. The van der Waals surface area contributed by atoms with Crippen molar-refractivity contribution in [2.24, 2.45) is 0 Å². The van der Waals surface area contributed by atoms with E-state index in [1.807, 2.05) is 25.1 Å². The lowest BCUT2D eigenvalue weighted by atomic mass is 9.98. The molecule has 124 valence electrons. The molecule has 0 bridgehead atoms. The van der Waals surface area contributed by atoms with Crippen LogP contribution in [0.4, 0.5) is 0 Å². The number of aliphatic hydroxyl groups is 1. The first kappa shape index (κ1) is 17.1. The second-order valence-corrected chi connectivity index (χ2v) is 5.78. The van der Waals surface area contributed by atoms with E-state index in [-0.39, 0.29) is 19.1 Å². The van der Waals surface area contributed by atoms with Crippen molar-refractivity contribution in [3.05, 3.63) is 53.5 Å². The minimum atomic E-state index is -0.564. The van der Waals surface area contributed by atoms with Gasteiger partial charge in [-0.1, -0.05) is 19.9 Å². The Morgan fingerprint density at radius 2 is 2.13 bits per heavy atom. The number of carbonyl (C=O) groups is 1. The summed E-state index contributed by atoms with van der Waals surface area (Å²) in [7, 11) is 0. The van der Waals surface area contributed by atoms with Crippen LogP contribution in [0, 0.1) is 6.92 Å². The molecule has 1 atom stereocenters. The average molecular weight is 317 g/mol. The Balaban J connectivity index is 1.90. The highest BCUT2D eigenvalue weighted by Crippen LogP contribution is 2.23. The second kappa shape index (κ2) is 7.83. The number of hydrogen-bond donors (Lipinski definition) is 2. The summed E-state index contributed by atoms with van der Waals surface area (Å²) in [4.78, 5) is 12.0. The minimum absolute atomic E-state index is 0.113. The number of ether oxygens (including phenoxy) is 1. The van der Waals surface area contributed by atoms with Crippen LogP contribution in [0.15, 0.2) is 41.0 Å². The van der Waals surface area contributed by atoms with Gasteiger partial charge in [-0.05, 0) is 48.2 Å². The lowest BCUT2D eigenvalue weighted by Gasteiger charge is -2.15. The molecule has 0 spiro atoms. The lowest BCUT2D eigenvalue weighted by molar-refractivity contribution is -0.124. The predicted octanol–water partition coefficient (Wildman–Crippen LogP) is 2.94. The molecular weight excluding hydrogens is 294 g/mol. The van der Waals surface area contributed by atoms with E-state index in [4.69, 9.17) is 9.15 Å². The molecule has 2 N–H and O–H groups in total. The van der Waals surface area contributed by atoms with Gasteiger partial charge in [0.15, 0.2) is 6.61 Å². The monoisotopic (exact) mass is 317 g/mol. The molecule has 5 heteroatoms. The Bertz CT molecular complexity index is 634. The number of aliphatic hydroxyl groups excluding tert-OH is 1. The quantitative estimate of drug-likeness (QED) is 0.823. The molecule has 0 radical (unpaired) electrons. The van der Waals surface area contributed by atoms with Crippen molar-refractivity contribution in [1.29, 1.82) is 0 Å². The third-order valence-electron chi connectivity index (χ3n) is 3.64. The molecule has 1 aromatic heterocycles. The van der Waals surface area contributed by atoms with Gasteiger partial charge in [-0.2, -0.15) is 0 Å². The number of aryl methyl sites for hydroxylation is 1. The summed E-state index contributed by atoms with van der Waals surface area (Å²) in [5.41, 5.74) is 2.40. The van der Waals surface area contributed by atoms with Crippen molar-refractivity contribution < 1.29 is 19.1 Å². The Hall–Kier alpha value is -2.27. The highest BCUT2D eigenvalue weighted by Gasteiger charge is 2.16. The van der Waals surface area contributed by atoms with E-state index in [0.29, 0.717) is 17.4 Å². The van der Waals surface area contributed by atoms with Crippen LogP contribution in [0.25, 0.3) is 0 Å². The number of benzene rings is 1. The van der Waals surface area contributed by atoms with Gasteiger partial charge in [-0.3, -0.25) is 4.79 Å². The molecule has 2 aromatic rings. The Morgan fingerprint density at radius 1 is 1.35 bits per heavy atom. The van der Waals surface area contributed by atoms with E-state index in [9.17, 15) is 9.90 Å². The largest absolute Gasteiger partial charge is 0.484 e. The number of nitrogens with one attached hydrogen (secondary N) is 1. The fourth-order valence-electron chi connectivity index (χ4n) is 2.47. The molecule has 0 aliphatic rings. The van der Waals surface area contributed by atoms with Gasteiger partial charge < -0.3 is 19.6 Å². The van der Waals surface area contributed by atoms with E-state index in [1.54, 1.807) is 12.1 Å². The minimum Gasteiger partial charge on any atom is -0.484 e. The van der Waals surface area contributed by atoms with Gasteiger partial charge in [0.1, 0.15) is 17.6 Å². The van der Waals surface area contributed by atoms with Gasteiger partial charge in [0.25, 0.3) is 5.91 Å². The molecule has 1 amide bonds. The molecule has 5 nitrogen and oxygen atoms in total. The van der Waals surface area contributed by atoms with Crippen LogP contribution in [-0.4, -0.2) is 24.2 Å². The van der Waals surface area contributed by atoms with E-state index in [0.717, 1.165) is 5.56 Å². The van der Waals surface area contributed by atoms with Crippen LogP contribution in [-0.2, 0) is 4.79 Å². The van der Waals surface area contributed by atoms with Crippen molar-refractivity contribution in [1.82, 2.24) is 5.32 Å². The number of rotatable bonds is 7. The summed E-state index contributed by atoms with van der Waals surface area (Å²) in [5, 5.41) is 12.0. The van der Waals surface area contributed by atoms with Crippen molar-refractivity contribution in [2.45, 2.75) is 32.7 Å². The molecule has 1 heterocycles. The third kappa shape index (κ3) is 4.60.